The van der Waals surface area contributed by atoms with Crippen molar-refractivity contribution in [2.24, 2.45) is 10.8 Å². The summed E-state index contributed by atoms with van der Waals surface area (Å²) in [6.45, 7) is 26.8. The molecule has 0 atom stereocenters. The van der Waals surface area contributed by atoms with Gasteiger partial charge in [-0.3, -0.25) is 0 Å². The fourth-order valence-electron chi connectivity index (χ4n) is 6.47. The van der Waals surface area contributed by atoms with Crippen LogP contribution < -0.4 is 9.05 Å². The van der Waals surface area contributed by atoms with Gasteiger partial charge in [0.05, 0.1) is 0 Å². The van der Waals surface area contributed by atoms with Crippen LogP contribution in [0.15, 0.2) is 36.4 Å². The number of hydrogen-bond donors (Lipinski definition) is 0. The minimum atomic E-state index is -2.64. The second kappa shape index (κ2) is 9.05. The summed E-state index contributed by atoms with van der Waals surface area (Å²) in [4.78, 5) is 0. The summed E-state index contributed by atoms with van der Waals surface area (Å²) in [6.07, 6.45) is 1.90. The topological polar surface area (TPSA) is 18.5 Å². The Bertz CT molecular complexity index is 987. The maximum Gasteiger partial charge on any atom is 0.505 e. The fraction of sp³-hybridized carbons (Fsp3) is 0.613. The molecule has 2 aromatic rings. The van der Waals surface area contributed by atoms with Crippen molar-refractivity contribution in [2.45, 2.75) is 112 Å². The maximum atomic E-state index is 15.7. The third kappa shape index (κ3) is 6.04. The summed E-state index contributed by atoms with van der Waals surface area (Å²) in [5.74, 6) is 1.29. The number of benzene rings is 2. The Morgan fingerprint density at radius 2 is 1.00 bits per heavy atom. The fourth-order valence-corrected chi connectivity index (χ4v) is 7.19. The molecular formula is C31H46FO2P. The molecule has 194 valence electrons. The zero-order valence-corrected chi connectivity index (χ0v) is 24.9. The summed E-state index contributed by atoms with van der Waals surface area (Å²) < 4.78 is 27.9. The molecule has 0 saturated carbocycles. The average Bonchev–Trinajstić information content (AvgIpc) is 2.63. The van der Waals surface area contributed by atoms with Crippen LogP contribution in [0.5, 0.6) is 11.5 Å². The SMILES string of the molecule is CC(C)(C)CC(C)(C)c1cccc2c1OP(F)Oc1c(C(C)(C)CC(C)(C)C)cccc1C2(C)C. The van der Waals surface area contributed by atoms with Gasteiger partial charge >= 0.3 is 8.69 Å². The molecule has 0 spiro atoms. The van der Waals surface area contributed by atoms with E-state index in [4.69, 9.17) is 9.05 Å². The first-order chi connectivity index (χ1) is 15.7. The van der Waals surface area contributed by atoms with E-state index in [-0.39, 0.29) is 21.7 Å². The number of rotatable bonds is 4. The van der Waals surface area contributed by atoms with Crippen LogP contribution in [0.4, 0.5) is 4.20 Å². The third-order valence-corrected chi connectivity index (χ3v) is 7.76. The highest BCUT2D eigenvalue weighted by Crippen LogP contribution is 2.57. The van der Waals surface area contributed by atoms with Gasteiger partial charge in [0.1, 0.15) is 11.5 Å². The van der Waals surface area contributed by atoms with Gasteiger partial charge in [0.2, 0.25) is 0 Å². The zero-order valence-electron chi connectivity index (χ0n) is 24.0. The maximum absolute atomic E-state index is 15.7. The van der Waals surface area contributed by atoms with Gasteiger partial charge < -0.3 is 9.05 Å². The molecule has 0 aliphatic carbocycles. The van der Waals surface area contributed by atoms with E-state index in [0.717, 1.165) is 35.1 Å². The highest BCUT2D eigenvalue weighted by Gasteiger charge is 2.41. The van der Waals surface area contributed by atoms with Crippen LogP contribution in [0.25, 0.3) is 0 Å². The van der Waals surface area contributed by atoms with Gasteiger partial charge in [-0.05, 0) is 34.5 Å². The van der Waals surface area contributed by atoms with E-state index in [2.05, 4.69) is 119 Å². The number of halogens is 1. The van der Waals surface area contributed by atoms with Crippen LogP contribution in [0, 0.1) is 10.8 Å². The zero-order chi connectivity index (χ0) is 26.6. The molecule has 1 heterocycles. The first-order valence-corrected chi connectivity index (χ1v) is 13.9. The van der Waals surface area contributed by atoms with Crippen LogP contribution in [-0.2, 0) is 16.2 Å². The lowest BCUT2D eigenvalue weighted by Crippen LogP contribution is -2.30. The molecular weight excluding hydrogens is 454 g/mol. The molecule has 0 amide bonds. The highest BCUT2D eigenvalue weighted by atomic mass is 31.2. The average molecular weight is 501 g/mol. The van der Waals surface area contributed by atoms with E-state index in [1.54, 1.807) is 0 Å². The van der Waals surface area contributed by atoms with Crippen molar-refractivity contribution in [2.75, 3.05) is 0 Å². The number of hydrogen-bond acceptors (Lipinski definition) is 2. The monoisotopic (exact) mass is 500 g/mol. The van der Waals surface area contributed by atoms with Crippen LogP contribution in [0.2, 0.25) is 0 Å². The number of para-hydroxylation sites is 2. The molecule has 0 unspecified atom stereocenters. The van der Waals surface area contributed by atoms with Crippen molar-refractivity contribution in [3.8, 4) is 11.5 Å². The molecule has 2 aromatic carbocycles. The molecule has 4 heteroatoms. The second-order valence-corrected chi connectivity index (χ2v) is 15.4. The quantitative estimate of drug-likeness (QED) is 0.389. The Kier molecular flexibility index (Phi) is 7.24. The minimum absolute atomic E-state index is 0.125. The predicted molar refractivity (Wildman–Crippen MR) is 148 cm³/mol. The van der Waals surface area contributed by atoms with Gasteiger partial charge in [-0.2, -0.15) is 0 Å². The van der Waals surface area contributed by atoms with Gasteiger partial charge in [-0.25, -0.2) is 0 Å². The Hall–Kier alpha value is -1.60. The van der Waals surface area contributed by atoms with Crippen LogP contribution in [0.1, 0.15) is 118 Å². The lowest BCUT2D eigenvalue weighted by Gasteiger charge is -2.40. The van der Waals surface area contributed by atoms with E-state index < -0.39 is 14.1 Å². The van der Waals surface area contributed by atoms with Crippen molar-refractivity contribution in [3.63, 3.8) is 0 Å². The number of fused-ring (bicyclic) bond motifs is 2. The predicted octanol–water partition coefficient (Wildman–Crippen LogP) is 10.4. The molecule has 1 aliphatic rings. The molecule has 1 aliphatic heterocycles. The first-order valence-electron chi connectivity index (χ1n) is 12.8. The van der Waals surface area contributed by atoms with Crippen molar-refractivity contribution in [1.29, 1.82) is 0 Å². The lowest BCUT2D eigenvalue weighted by atomic mass is 9.68. The van der Waals surface area contributed by atoms with Gasteiger partial charge in [-0.15, -0.1) is 4.20 Å². The molecule has 0 N–H and O–H groups in total. The molecule has 2 nitrogen and oxygen atoms in total. The van der Waals surface area contributed by atoms with E-state index >= 15 is 4.20 Å². The van der Waals surface area contributed by atoms with E-state index in [0.29, 0.717) is 11.5 Å². The largest absolute Gasteiger partial charge is 0.505 e. The van der Waals surface area contributed by atoms with E-state index in [1.165, 1.54) is 0 Å². The highest BCUT2D eigenvalue weighted by molar-refractivity contribution is 7.42. The Morgan fingerprint density at radius 1 is 0.657 bits per heavy atom. The van der Waals surface area contributed by atoms with Gasteiger partial charge in [0.25, 0.3) is 0 Å². The molecule has 0 bridgehead atoms. The Morgan fingerprint density at radius 3 is 1.31 bits per heavy atom. The Labute approximate surface area is 215 Å². The van der Waals surface area contributed by atoms with Crippen LogP contribution in [0.3, 0.4) is 0 Å². The van der Waals surface area contributed by atoms with E-state index in [9.17, 15) is 0 Å². The van der Waals surface area contributed by atoms with Crippen molar-refractivity contribution in [3.05, 3.63) is 58.7 Å². The van der Waals surface area contributed by atoms with Gasteiger partial charge in [-0.1, -0.05) is 119 Å². The van der Waals surface area contributed by atoms with Crippen LogP contribution >= 0.6 is 8.69 Å². The van der Waals surface area contributed by atoms with E-state index in [1.807, 2.05) is 0 Å². The normalized spacial score (nSPS) is 16.9. The molecule has 35 heavy (non-hydrogen) atoms. The van der Waals surface area contributed by atoms with Crippen LogP contribution in [-0.4, -0.2) is 0 Å². The summed E-state index contributed by atoms with van der Waals surface area (Å²) >= 11 is 0. The first kappa shape index (κ1) is 28.0. The lowest BCUT2D eigenvalue weighted by molar-refractivity contribution is 0.277. The summed E-state index contributed by atoms with van der Waals surface area (Å²) in [5.41, 5.74) is 3.56. The molecule has 0 radical (unpaired) electrons. The summed E-state index contributed by atoms with van der Waals surface area (Å²) in [7, 11) is -2.64. The van der Waals surface area contributed by atoms with Gasteiger partial charge in [0.15, 0.2) is 0 Å². The Balaban J connectivity index is 2.24. The standard InChI is InChI=1S/C31H46FO2P/c1-27(2,3)19-29(7,8)21-15-13-17-23-25(21)33-35(32)34-26-22(30(9,10)20-28(4,5)6)16-14-18-24(26)31(23,11)12/h13-18H,19-20H2,1-12H3. The van der Waals surface area contributed by atoms with Crippen molar-refractivity contribution in [1.82, 2.24) is 0 Å². The van der Waals surface area contributed by atoms with Gasteiger partial charge in [0, 0.05) is 27.7 Å². The van der Waals surface area contributed by atoms with Crippen molar-refractivity contribution < 1.29 is 13.2 Å². The smallest absolute Gasteiger partial charge is 0.414 e. The molecule has 0 aromatic heterocycles. The summed E-state index contributed by atoms with van der Waals surface area (Å²) in [6, 6.07) is 12.6. The third-order valence-electron chi connectivity index (χ3n) is 7.11. The minimum Gasteiger partial charge on any atom is -0.414 e. The second-order valence-electron chi connectivity index (χ2n) is 14.6. The molecule has 0 saturated heterocycles. The summed E-state index contributed by atoms with van der Waals surface area (Å²) in [5, 5.41) is 0. The van der Waals surface area contributed by atoms with Crippen molar-refractivity contribution >= 4 is 8.69 Å². The molecule has 3 rings (SSSR count). The molecule has 0 fully saturated rings.